The van der Waals surface area contributed by atoms with Gasteiger partial charge in [0, 0.05) is 34.0 Å². The average molecular weight is 407 g/mol. The Balaban J connectivity index is 1.27. The Morgan fingerprint density at radius 1 is 1.21 bits per heavy atom. The lowest BCUT2D eigenvalue weighted by atomic mass is 10.1. The summed E-state index contributed by atoms with van der Waals surface area (Å²) in [7, 11) is 0. The molecule has 0 bridgehead atoms. The molecule has 0 unspecified atom stereocenters. The third kappa shape index (κ3) is 3.51. The molecule has 1 aliphatic heterocycles. The van der Waals surface area contributed by atoms with Crippen LogP contribution in [0.5, 0.6) is 0 Å². The number of nitrogens with zero attached hydrogens (tertiary/aromatic N) is 2. The maximum atomic E-state index is 12.6. The number of aromatic nitrogens is 2. The van der Waals surface area contributed by atoms with Crippen molar-refractivity contribution in [2.75, 3.05) is 10.2 Å². The number of anilines is 2. The summed E-state index contributed by atoms with van der Waals surface area (Å²) in [5.74, 6) is 0.866. The summed E-state index contributed by atoms with van der Waals surface area (Å²) >= 11 is 6.43. The van der Waals surface area contributed by atoms with Crippen LogP contribution in [0.25, 0.3) is 0 Å². The Morgan fingerprint density at radius 3 is 2.79 bits per heavy atom. The molecule has 0 radical (unpaired) electrons. The lowest BCUT2D eigenvalue weighted by Crippen LogP contribution is -2.23. The van der Waals surface area contributed by atoms with Crippen LogP contribution in [-0.2, 0) is 17.8 Å². The van der Waals surface area contributed by atoms with Crippen LogP contribution >= 0.6 is 11.6 Å². The van der Waals surface area contributed by atoms with E-state index in [1.807, 2.05) is 36.4 Å². The number of H-pyrrole nitrogens is 1. The number of carbonyl (C=O) groups is 2. The number of amides is 2. The molecule has 7 heteroatoms. The van der Waals surface area contributed by atoms with Crippen molar-refractivity contribution in [2.45, 2.75) is 31.7 Å². The smallest absolute Gasteiger partial charge is 0.258 e. The van der Waals surface area contributed by atoms with Gasteiger partial charge in [0.25, 0.3) is 5.91 Å². The van der Waals surface area contributed by atoms with Crippen molar-refractivity contribution in [2.24, 2.45) is 0 Å². The van der Waals surface area contributed by atoms with Crippen molar-refractivity contribution < 1.29 is 9.59 Å². The lowest BCUT2D eigenvalue weighted by molar-refractivity contribution is -0.115. The number of hydrogen-bond donors (Lipinski definition) is 2. The molecule has 0 spiro atoms. The molecule has 1 aromatic heterocycles. The van der Waals surface area contributed by atoms with E-state index in [-0.39, 0.29) is 18.2 Å². The van der Waals surface area contributed by atoms with Crippen LogP contribution in [0, 0.1) is 0 Å². The number of halogens is 1. The molecule has 6 nitrogen and oxygen atoms in total. The highest BCUT2D eigenvalue weighted by Crippen LogP contribution is 2.39. The van der Waals surface area contributed by atoms with E-state index in [0.717, 1.165) is 22.5 Å². The van der Waals surface area contributed by atoms with E-state index >= 15 is 0 Å². The number of carbonyl (C=O) groups excluding carboxylic acids is 2. The van der Waals surface area contributed by atoms with Gasteiger partial charge >= 0.3 is 0 Å². The van der Waals surface area contributed by atoms with Crippen molar-refractivity contribution in [3.05, 3.63) is 75.9 Å². The number of hydrogen-bond acceptors (Lipinski definition) is 3. The minimum Gasteiger partial charge on any atom is -0.309 e. The molecule has 3 aromatic rings. The fourth-order valence-corrected chi connectivity index (χ4v) is 3.92. The summed E-state index contributed by atoms with van der Waals surface area (Å²) in [5.41, 5.74) is 4.22. The van der Waals surface area contributed by atoms with Crippen molar-refractivity contribution >= 4 is 34.9 Å². The molecule has 1 aliphatic carbocycles. The van der Waals surface area contributed by atoms with E-state index in [4.69, 9.17) is 11.6 Å². The van der Waals surface area contributed by atoms with Crippen LogP contribution in [0.4, 0.5) is 11.5 Å². The molecule has 2 heterocycles. The van der Waals surface area contributed by atoms with Gasteiger partial charge in [0.2, 0.25) is 5.91 Å². The second-order valence-corrected chi connectivity index (χ2v) is 7.94. The second-order valence-electron chi connectivity index (χ2n) is 7.53. The normalized spacial score (nSPS) is 15.5. The van der Waals surface area contributed by atoms with Gasteiger partial charge in [-0.25, -0.2) is 0 Å². The standard InChI is InChI=1S/C22H19ClN4O2/c23-18-10-16(27-12-15-3-1-2-4-17(15)22(27)29)8-7-14(18)9-21(28)24-20-11-19(25-26-20)13-5-6-13/h1-4,7-8,10-11,13H,5-6,9,12H2,(H2,24,25,26,28). The van der Waals surface area contributed by atoms with E-state index in [9.17, 15) is 9.59 Å². The molecular weight excluding hydrogens is 388 g/mol. The first-order valence-electron chi connectivity index (χ1n) is 9.62. The molecule has 2 N–H and O–H groups in total. The van der Waals surface area contributed by atoms with Gasteiger partial charge < -0.3 is 10.2 Å². The number of nitrogens with one attached hydrogen (secondary N) is 2. The first kappa shape index (κ1) is 17.9. The number of fused-ring (bicyclic) bond motifs is 1. The minimum atomic E-state index is -0.182. The highest BCUT2D eigenvalue weighted by Gasteiger charge is 2.28. The fourth-order valence-electron chi connectivity index (χ4n) is 3.67. The molecule has 1 saturated carbocycles. The molecule has 2 aliphatic rings. The summed E-state index contributed by atoms with van der Waals surface area (Å²) in [5, 5.41) is 10.4. The van der Waals surface area contributed by atoms with Gasteiger partial charge in [0.15, 0.2) is 5.82 Å². The SMILES string of the molecule is O=C(Cc1ccc(N2Cc3ccccc3C2=O)cc1Cl)Nc1cc(C2CC2)[nH]n1. The van der Waals surface area contributed by atoms with E-state index < -0.39 is 0 Å². The monoisotopic (exact) mass is 406 g/mol. The minimum absolute atomic E-state index is 0.0350. The summed E-state index contributed by atoms with van der Waals surface area (Å²) < 4.78 is 0. The average Bonchev–Trinajstić information content (AvgIpc) is 3.37. The molecule has 5 rings (SSSR count). The molecule has 2 amide bonds. The Hall–Kier alpha value is -3.12. The maximum absolute atomic E-state index is 12.6. The van der Waals surface area contributed by atoms with Crippen LogP contribution in [0.1, 0.15) is 45.9 Å². The van der Waals surface area contributed by atoms with Crippen LogP contribution in [-0.4, -0.2) is 22.0 Å². The Morgan fingerprint density at radius 2 is 2.03 bits per heavy atom. The van der Waals surface area contributed by atoms with Crippen molar-refractivity contribution in [3.63, 3.8) is 0 Å². The Bertz CT molecular complexity index is 1120. The van der Waals surface area contributed by atoms with Crippen LogP contribution < -0.4 is 10.2 Å². The largest absolute Gasteiger partial charge is 0.309 e. The topological polar surface area (TPSA) is 78.1 Å². The Kier molecular flexibility index (Phi) is 4.36. The predicted molar refractivity (Wildman–Crippen MR) is 111 cm³/mol. The van der Waals surface area contributed by atoms with Crippen LogP contribution in [0.3, 0.4) is 0 Å². The molecule has 29 heavy (non-hydrogen) atoms. The zero-order valence-electron chi connectivity index (χ0n) is 15.6. The lowest BCUT2D eigenvalue weighted by Gasteiger charge is -2.17. The quantitative estimate of drug-likeness (QED) is 0.663. The fraction of sp³-hybridized carbons (Fsp3) is 0.227. The van der Waals surface area contributed by atoms with Crippen LogP contribution in [0.15, 0.2) is 48.5 Å². The third-order valence-corrected chi connectivity index (χ3v) is 5.75. The van der Waals surface area contributed by atoms with Gasteiger partial charge in [0.1, 0.15) is 0 Å². The molecule has 1 fully saturated rings. The van der Waals surface area contributed by atoms with E-state index in [2.05, 4.69) is 15.5 Å². The highest BCUT2D eigenvalue weighted by atomic mass is 35.5. The van der Waals surface area contributed by atoms with Gasteiger partial charge in [-0.3, -0.25) is 14.7 Å². The maximum Gasteiger partial charge on any atom is 0.258 e. The zero-order valence-corrected chi connectivity index (χ0v) is 16.4. The summed E-state index contributed by atoms with van der Waals surface area (Å²) in [6, 6.07) is 14.8. The first-order chi connectivity index (χ1) is 14.1. The van der Waals surface area contributed by atoms with E-state index in [1.54, 1.807) is 17.0 Å². The second kappa shape index (κ2) is 7.04. The van der Waals surface area contributed by atoms with Crippen molar-refractivity contribution in [3.8, 4) is 0 Å². The molecule has 146 valence electrons. The third-order valence-electron chi connectivity index (χ3n) is 5.40. The molecule has 0 saturated heterocycles. The molecular formula is C22H19ClN4O2. The molecule has 0 atom stereocenters. The predicted octanol–water partition coefficient (Wildman–Crippen LogP) is 4.28. The summed E-state index contributed by atoms with van der Waals surface area (Å²) in [6.45, 7) is 0.521. The summed E-state index contributed by atoms with van der Waals surface area (Å²) in [6.07, 6.45) is 2.48. The van der Waals surface area contributed by atoms with Gasteiger partial charge in [-0.05, 0) is 42.2 Å². The van der Waals surface area contributed by atoms with E-state index in [1.165, 1.54) is 12.8 Å². The van der Waals surface area contributed by atoms with Crippen molar-refractivity contribution in [1.29, 1.82) is 0 Å². The van der Waals surface area contributed by atoms with Crippen molar-refractivity contribution in [1.82, 2.24) is 10.2 Å². The summed E-state index contributed by atoms with van der Waals surface area (Å²) in [4.78, 5) is 26.7. The zero-order chi connectivity index (χ0) is 20.0. The van der Waals surface area contributed by atoms with Gasteiger partial charge in [-0.15, -0.1) is 0 Å². The Labute approximate surface area is 172 Å². The number of rotatable bonds is 5. The molecule has 2 aromatic carbocycles. The van der Waals surface area contributed by atoms with Gasteiger partial charge in [-0.2, -0.15) is 5.10 Å². The number of benzene rings is 2. The first-order valence-corrected chi connectivity index (χ1v) is 9.99. The van der Waals surface area contributed by atoms with E-state index in [0.29, 0.717) is 28.9 Å². The van der Waals surface area contributed by atoms with Crippen LogP contribution in [0.2, 0.25) is 5.02 Å². The van der Waals surface area contributed by atoms with Gasteiger partial charge in [-0.1, -0.05) is 35.9 Å². The highest BCUT2D eigenvalue weighted by molar-refractivity contribution is 6.32. The van der Waals surface area contributed by atoms with Gasteiger partial charge in [0.05, 0.1) is 13.0 Å². The number of aromatic amines is 1.